The van der Waals surface area contributed by atoms with Gasteiger partial charge in [0.2, 0.25) is 0 Å². The van der Waals surface area contributed by atoms with Crippen LogP contribution in [0.1, 0.15) is 28.7 Å². The second kappa shape index (κ2) is 9.67. The zero-order valence-corrected chi connectivity index (χ0v) is 19.5. The van der Waals surface area contributed by atoms with E-state index in [1.165, 1.54) is 22.3 Å². The highest BCUT2D eigenvalue weighted by molar-refractivity contribution is 6.32. The third kappa shape index (κ3) is 4.18. The molecule has 1 aliphatic carbocycles. The van der Waals surface area contributed by atoms with Gasteiger partial charge in [-0.3, -0.25) is 4.90 Å². The van der Waals surface area contributed by atoms with E-state index in [9.17, 15) is 4.79 Å². The molecule has 1 fully saturated rings. The summed E-state index contributed by atoms with van der Waals surface area (Å²) in [5, 5.41) is 3.94. The van der Waals surface area contributed by atoms with Gasteiger partial charge >= 0.3 is 6.09 Å². The van der Waals surface area contributed by atoms with E-state index in [0.717, 1.165) is 5.56 Å². The summed E-state index contributed by atoms with van der Waals surface area (Å²) in [6.45, 7) is 2.09. The molecule has 1 saturated heterocycles. The Hall–Kier alpha value is -2.31. The van der Waals surface area contributed by atoms with Gasteiger partial charge in [-0.05, 0) is 28.3 Å². The lowest BCUT2D eigenvalue weighted by molar-refractivity contribution is 0.0752. The SMILES string of the molecule is Cl.O=C(OCC1c2ccccc2-c2ccccc21)N1CCNCC1c1ccc(Cl)nc1Cl. The predicted molar refractivity (Wildman–Crippen MR) is 129 cm³/mol. The molecule has 2 aromatic carbocycles. The summed E-state index contributed by atoms with van der Waals surface area (Å²) in [6, 6.07) is 19.9. The van der Waals surface area contributed by atoms with Gasteiger partial charge in [0.25, 0.3) is 0 Å². The topological polar surface area (TPSA) is 54.5 Å². The number of halogens is 3. The van der Waals surface area contributed by atoms with Crippen LogP contribution in [-0.2, 0) is 4.74 Å². The molecule has 0 bridgehead atoms. The maximum absolute atomic E-state index is 13.1. The van der Waals surface area contributed by atoms with Gasteiger partial charge in [-0.25, -0.2) is 9.78 Å². The van der Waals surface area contributed by atoms with Crippen LogP contribution in [0.25, 0.3) is 11.1 Å². The van der Waals surface area contributed by atoms with Crippen molar-refractivity contribution in [1.82, 2.24) is 15.2 Å². The smallest absolute Gasteiger partial charge is 0.410 e. The highest BCUT2D eigenvalue weighted by atomic mass is 35.5. The number of hydrogen-bond acceptors (Lipinski definition) is 4. The van der Waals surface area contributed by atoms with E-state index in [0.29, 0.717) is 29.9 Å². The van der Waals surface area contributed by atoms with E-state index in [-0.39, 0.29) is 37.1 Å². The van der Waals surface area contributed by atoms with E-state index in [2.05, 4.69) is 34.6 Å². The van der Waals surface area contributed by atoms with Crippen molar-refractivity contribution >= 4 is 41.7 Å². The van der Waals surface area contributed by atoms with Crippen molar-refractivity contribution in [2.24, 2.45) is 0 Å². The molecule has 0 spiro atoms. The zero-order valence-electron chi connectivity index (χ0n) is 17.1. The second-order valence-corrected chi connectivity index (χ2v) is 8.48. The molecule has 2 aliphatic rings. The Bertz CT molecular complexity index is 1100. The van der Waals surface area contributed by atoms with Crippen LogP contribution in [0.4, 0.5) is 4.79 Å². The highest BCUT2D eigenvalue weighted by Crippen LogP contribution is 2.44. The van der Waals surface area contributed by atoms with Gasteiger partial charge in [-0.1, -0.05) is 77.8 Å². The van der Waals surface area contributed by atoms with Crippen LogP contribution in [0.15, 0.2) is 60.7 Å². The van der Waals surface area contributed by atoms with Crippen molar-refractivity contribution in [3.63, 3.8) is 0 Å². The lowest BCUT2D eigenvalue weighted by atomic mass is 9.98. The maximum Gasteiger partial charge on any atom is 0.410 e. The normalized spacial score (nSPS) is 17.3. The summed E-state index contributed by atoms with van der Waals surface area (Å²) in [5.41, 5.74) is 5.56. The van der Waals surface area contributed by atoms with E-state index in [4.69, 9.17) is 27.9 Å². The molecule has 8 heteroatoms. The Kier molecular flexibility index (Phi) is 6.91. The number of nitrogens with one attached hydrogen (secondary N) is 1. The molecular weight excluding hydrogens is 469 g/mol. The third-order valence-corrected chi connectivity index (χ3v) is 6.53. The molecule has 0 saturated carbocycles. The lowest BCUT2D eigenvalue weighted by Gasteiger charge is -2.36. The Morgan fingerprint density at radius 3 is 2.31 bits per heavy atom. The fourth-order valence-electron chi connectivity index (χ4n) is 4.55. The third-order valence-electron chi connectivity index (χ3n) is 6.02. The maximum atomic E-state index is 13.1. The average molecular weight is 491 g/mol. The lowest BCUT2D eigenvalue weighted by Crippen LogP contribution is -2.49. The van der Waals surface area contributed by atoms with Gasteiger partial charge < -0.3 is 10.1 Å². The average Bonchev–Trinajstić information content (AvgIpc) is 3.11. The van der Waals surface area contributed by atoms with E-state index in [1.54, 1.807) is 11.0 Å². The van der Waals surface area contributed by atoms with Crippen molar-refractivity contribution in [2.75, 3.05) is 26.2 Å². The molecule has 1 amide bonds. The minimum absolute atomic E-state index is 0. The highest BCUT2D eigenvalue weighted by Gasteiger charge is 2.33. The molecule has 1 aromatic heterocycles. The molecule has 1 unspecified atom stereocenters. The van der Waals surface area contributed by atoms with Crippen molar-refractivity contribution in [3.8, 4) is 11.1 Å². The summed E-state index contributed by atoms with van der Waals surface area (Å²) < 4.78 is 5.86. The number of rotatable bonds is 3. The molecule has 5 nitrogen and oxygen atoms in total. The van der Waals surface area contributed by atoms with Crippen molar-refractivity contribution < 1.29 is 9.53 Å². The Balaban J connectivity index is 0.00000245. The first-order valence-electron chi connectivity index (χ1n) is 10.3. The number of fused-ring (bicyclic) bond motifs is 3. The number of ether oxygens (including phenoxy) is 1. The molecule has 32 heavy (non-hydrogen) atoms. The van der Waals surface area contributed by atoms with Gasteiger partial charge in [0.05, 0.1) is 6.04 Å². The number of benzene rings is 2. The molecule has 5 rings (SSSR count). The number of hydrogen-bond donors (Lipinski definition) is 1. The minimum Gasteiger partial charge on any atom is -0.448 e. The van der Waals surface area contributed by atoms with Crippen LogP contribution >= 0.6 is 35.6 Å². The first-order chi connectivity index (χ1) is 15.1. The fourth-order valence-corrected chi connectivity index (χ4v) is 5.02. The van der Waals surface area contributed by atoms with Crippen LogP contribution in [0.5, 0.6) is 0 Å². The molecular formula is C24H22Cl3N3O2. The number of pyridine rings is 1. The number of carbonyl (C=O) groups is 1. The summed E-state index contributed by atoms with van der Waals surface area (Å²) >= 11 is 12.3. The van der Waals surface area contributed by atoms with E-state index < -0.39 is 0 Å². The predicted octanol–water partition coefficient (Wildman–Crippen LogP) is 5.71. The zero-order chi connectivity index (χ0) is 21.4. The Morgan fingerprint density at radius 1 is 1.00 bits per heavy atom. The molecule has 1 aliphatic heterocycles. The van der Waals surface area contributed by atoms with E-state index >= 15 is 0 Å². The summed E-state index contributed by atoms with van der Waals surface area (Å²) in [5.74, 6) is 0.0264. The standard InChI is InChI=1S/C24H21Cl2N3O2.ClH/c25-22-10-9-19(23(26)28-22)21-13-27-11-12-29(21)24(30)31-14-20-17-7-3-1-5-15(17)16-6-2-4-8-18(16)20;/h1-10,20-21,27H,11-14H2;1H. The van der Waals surface area contributed by atoms with Crippen LogP contribution in [-0.4, -0.2) is 42.2 Å². The van der Waals surface area contributed by atoms with Crippen molar-refractivity contribution in [3.05, 3.63) is 87.7 Å². The van der Waals surface area contributed by atoms with Crippen LogP contribution in [0.2, 0.25) is 10.3 Å². The molecule has 1 atom stereocenters. The van der Waals surface area contributed by atoms with Crippen LogP contribution < -0.4 is 5.32 Å². The first kappa shape index (κ1) is 22.9. The monoisotopic (exact) mass is 489 g/mol. The number of amides is 1. The molecule has 166 valence electrons. The fraction of sp³-hybridized carbons (Fsp3) is 0.250. The molecule has 0 radical (unpaired) electrons. The van der Waals surface area contributed by atoms with Gasteiger partial charge in [0.15, 0.2) is 0 Å². The molecule has 3 aromatic rings. The van der Waals surface area contributed by atoms with E-state index in [1.807, 2.05) is 30.3 Å². The number of nitrogens with zero attached hydrogens (tertiary/aromatic N) is 2. The van der Waals surface area contributed by atoms with Gasteiger partial charge in [-0.15, -0.1) is 12.4 Å². The Labute approximate surface area is 203 Å². The first-order valence-corrected chi connectivity index (χ1v) is 11.0. The summed E-state index contributed by atoms with van der Waals surface area (Å²) in [4.78, 5) is 19.0. The molecule has 1 N–H and O–H groups in total. The van der Waals surface area contributed by atoms with Crippen LogP contribution in [0.3, 0.4) is 0 Å². The number of aromatic nitrogens is 1. The summed E-state index contributed by atoms with van der Waals surface area (Å²) in [7, 11) is 0. The minimum atomic E-state index is -0.348. The summed E-state index contributed by atoms with van der Waals surface area (Å²) in [6.07, 6.45) is -0.348. The molecule has 2 heterocycles. The van der Waals surface area contributed by atoms with Crippen molar-refractivity contribution in [2.45, 2.75) is 12.0 Å². The van der Waals surface area contributed by atoms with Gasteiger partial charge in [0, 0.05) is 31.1 Å². The quantitative estimate of drug-likeness (QED) is 0.478. The van der Waals surface area contributed by atoms with Gasteiger partial charge in [-0.2, -0.15) is 0 Å². The van der Waals surface area contributed by atoms with Crippen molar-refractivity contribution in [1.29, 1.82) is 0 Å². The number of piperazine rings is 1. The van der Waals surface area contributed by atoms with Crippen LogP contribution in [0, 0.1) is 0 Å². The Morgan fingerprint density at radius 2 is 1.66 bits per heavy atom. The number of carbonyl (C=O) groups excluding carboxylic acids is 1. The largest absolute Gasteiger partial charge is 0.448 e. The second-order valence-electron chi connectivity index (χ2n) is 7.73. The van der Waals surface area contributed by atoms with Gasteiger partial charge in [0.1, 0.15) is 16.9 Å².